The number of hydrogen-bond acceptors (Lipinski definition) is 8. The van der Waals surface area contributed by atoms with Gasteiger partial charge in [-0.3, -0.25) is 4.79 Å². The van der Waals surface area contributed by atoms with Crippen LogP contribution in [0.5, 0.6) is 6.01 Å². The summed E-state index contributed by atoms with van der Waals surface area (Å²) in [5.41, 5.74) is 6.50. The molecule has 0 spiro atoms. The molecule has 0 bridgehead atoms. The molecule has 1 aromatic heterocycles. The van der Waals surface area contributed by atoms with Crippen molar-refractivity contribution in [3.05, 3.63) is 53.2 Å². The summed E-state index contributed by atoms with van der Waals surface area (Å²) in [7, 11) is 4.38. The summed E-state index contributed by atoms with van der Waals surface area (Å²) in [5.74, 6) is 0.968. The third-order valence-electron chi connectivity index (χ3n) is 9.29. The lowest BCUT2D eigenvalue weighted by Crippen LogP contribution is -2.49. The second-order valence-electron chi connectivity index (χ2n) is 11.7. The molecule has 0 radical (unpaired) electrons. The molecule has 214 valence electrons. The van der Waals surface area contributed by atoms with Gasteiger partial charge in [-0.05, 0) is 69.6 Å². The topological polar surface area (TPSA) is 68.3 Å². The van der Waals surface area contributed by atoms with E-state index in [0.717, 1.165) is 70.0 Å². The zero-order valence-electron chi connectivity index (χ0n) is 24.3. The molecule has 1 aromatic carbocycles. The van der Waals surface area contributed by atoms with Crippen molar-refractivity contribution in [2.45, 2.75) is 57.8 Å². The lowest BCUT2D eigenvalue weighted by molar-refractivity contribution is -0.126. The molecule has 5 heterocycles. The maximum atomic E-state index is 12.3. The highest BCUT2D eigenvalue weighted by molar-refractivity contribution is 5.87. The molecule has 2 fully saturated rings. The van der Waals surface area contributed by atoms with Gasteiger partial charge in [-0.1, -0.05) is 25.6 Å². The number of carbonyl (C=O) groups is 1. The van der Waals surface area contributed by atoms with E-state index in [9.17, 15) is 4.79 Å². The van der Waals surface area contributed by atoms with E-state index in [1.807, 2.05) is 4.90 Å². The van der Waals surface area contributed by atoms with Crippen LogP contribution < -0.4 is 14.5 Å². The summed E-state index contributed by atoms with van der Waals surface area (Å²) >= 11 is 0. The largest absolute Gasteiger partial charge is 0.462 e. The number of anilines is 2. The van der Waals surface area contributed by atoms with Crippen LogP contribution in [0, 0.1) is 0 Å². The van der Waals surface area contributed by atoms with E-state index in [0.29, 0.717) is 31.7 Å². The van der Waals surface area contributed by atoms with Crippen molar-refractivity contribution < 1.29 is 9.53 Å². The van der Waals surface area contributed by atoms with Gasteiger partial charge in [-0.2, -0.15) is 9.97 Å². The van der Waals surface area contributed by atoms with Crippen LogP contribution in [0.3, 0.4) is 0 Å². The van der Waals surface area contributed by atoms with Gasteiger partial charge < -0.3 is 29.2 Å². The molecule has 1 amide bonds. The Labute approximate surface area is 238 Å². The van der Waals surface area contributed by atoms with Crippen LogP contribution in [-0.2, 0) is 24.3 Å². The molecule has 2 atom stereocenters. The Morgan fingerprint density at radius 1 is 1.10 bits per heavy atom. The van der Waals surface area contributed by atoms with Crippen molar-refractivity contribution in [1.82, 2.24) is 24.7 Å². The number of amides is 1. The Morgan fingerprint density at radius 2 is 1.93 bits per heavy atom. The highest BCUT2D eigenvalue weighted by Crippen LogP contribution is 2.45. The first-order chi connectivity index (χ1) is 19.5. The number of rotatable bonds is 7. The van der Waals surface area contributed by atoms with Crippen molar-refractivity contribution in [2.75, 3.05) is 69.8 Å². The third kappa shape index (κ3) is 5.05. The van der Waals surface area contributed by atoms with Crippen LogP contribution in [0.25, 0.3) is 0 Å². The van der Waals surface area contributed by atoms with Gasteiger partial charge in [0, 0.05) is 56.6 Å². The minimum Gasteiger partial charge on any atom is -0.462 e. The minimum absolute atomic E-state index is 0.00583. The average molecular weight is 546 g/mol. The number of nitrogens with zero attached hydrogens (tertiary/aromatic N) is 7. The van der Waals surface area contributed by atoms with Crippen molar-refractivity contribution in [2.24, 2.45) is 0 Å². The Bertz CT molecular complexity index is 1260. The van der Waals surface area contributed by atoms with Gasteiger partial charge in [-0.25, -0.2) is 0 Å². The second-order valence-corrected chi connectivity index (χ2v) is 11.7. The lowest BCUT2D eigenvalue weighted by atomic mass is 9.96. The fourth-order valence-electron chi connectivity index (χ4n) is 6.95. The van der Waals surface area contributed by atoms with Gasteiger partial charge in [0.05, 0.1) is 18.3 Å². The van der Waals surface area contributed by atoms with Crippen molar-refractivity contribution in [3.63, 3.8) is 0 Å². The van der Waals surface area contributed by atoms with Gasteiger partial charge in [0.1, 0.15) is 12.4 Å². The third-order valence-corrected chi connectivity index (χ3v) is 9.29. The average Bonchev–Trinajstić information content (AvgIpc) is 3.57. The number of aromatic nitrogens is 2. The number of fused-ring (bicyclic) bond motifs is 2. The van der Waals surface area contributed by atoms with E-state index in [1.54, 1.807) is 0 Å². The summed E-state index contributed by atoms with van der Waals surface area (Å²) in [6.45, 7) is 13.2. The normalized spacial score (nSPS) is 23.3. The number of carbonyl (C=O) groups excluding carboxylic acids is 1. The standard InChI is InChI=1S/C31H43N7O2/c1-5-26-29-25(20-38(26)27-11-7-9-22-12-14-34(3)19-24(22)27)32-31(40-21-23-10-8-13-35(23)4)33-30(29)37-17-15-36(16-18-37)28(39)6-2/h6-7,9,11,23,26H,2,5,8,10,12-21H2,1,3-4H3/t23?,26-/m0/s1. The first kappa shape index (κ1) is 27.0. The molecule has 1 unspecified atom stereocenters. The Morgan fingerprint density at radius 3 is 2.65 bits per heavy atom. The van der Waals surface area contributed by atoms with Crippen LogP contribution in [0.1, 0.15) is 54.6 Å². The molecule has 2 saturated heterocycles. The van der Waals surface area contributed by atoms with Gasteiger partial charge in [0.15, 0.2) is 0 Å². The summed E-state index contributed by atoms with van der Waals surface area (Å²) in [6, 6.07) is 7.85. The molecule has 0 N–H and O–H groups in total. The molecule has 9 heteroatoms. The van der Waals surface area contributed by atoms with Crippen molar-refractivity contribution in [3.8, 4) is 6.01 Å². The van der Waals surface area contributed by atoms with Crippen LogP contribution in [0.2, 0.25) is 0 Å². The van der Waals surface area contributed by atoms with E-state index in [-0.39, 0.29) is 11.9 Å². The SMILES string of the molecule is C=CC(=O)N1CCN(c2nc(OCC3CCCN3C)nc3c2[C@H](CC)N(c2cccc4c2CN(C)CC4)C3)CC1. The molecule has 4 aliphatic heterocycles. The van der Waals surface area contributed by atoms with Crippen LogP contribution in [0.4, 0.5) is 11.5 Å². The zero-order valence-corrected chi connectivity index (χ0v) is 24.3. The number of ether oxygens (including phenoxy) is 1. The molecule has 0 saturated carbocycles. The summed E-state index contributed by atoms with van der Waals surface area (Å²) < 4.78 is 6.31. The van der Waals surface area contributed by atoms with Crippen molar-refractivity contribution >= 4 is 17.4 Å². The second kappa shape index (κ2) is 11.4. The summed E-state index contributed by atoms with van der Waals surface area (Å²) in [4.78, 5) is 33.9. The molecule has 40 heavy (non-hydrogen) atoms. The maximum absolute atomic E-state index is 12.3. The van der Waals surface area contributed by atoms with E-state index < -0.39 is 0 Å². The van der Waals surface area contributed by atoms with E-state index >= 15 is 0 Å². The van der Waals surface area contributed by atoms with Gasteiger partial charge in [0.2, 0.25) is 5.91 Å². The maximum Gasteiger partial charge on any atom is 0.318 e. The summed E-state index contributed by atoms with van der Waals surface area (Å²) in [5, 5.41) is 0. The first-order valence-electron chi connectivity index (χ1n) is 14.9. The van der Waals surface area contributed by atoms with Gasteiger partial charge in [0.25, 0.3) is 0 Å². The van der Waals surface area contributed by atoms with E-state index in [4.69, 9.17) is 14.7 Å². The smallest absolute Gasteiger partial charge is 0.318 e. The van der Waals surface area contributed by atoms with Gasteiger partial charge >= 0.3 is 6.01 Å². The van der Waals surface area contributed by atoms with Crippen LogP contribution in [-0.4, -0.2) is 96.6 Å². The van der Waals surface area contributed by atoms with E-state index in [2.05, 4.69) is 65.4 Å². The predicted molar refractivity (Wildman–Crippen MR) is 158 cm³/mol. The Kier molecular flexibility index (Phi) is 7.68. The lowest BCUT2D eigenvalue weighted by Gasteiger charge is -2.37. The monoisotopic (exact) mass is 545 g/mol. The molecule has 6 rings (SSSR count). The van der Waals surface area contributed by atoms with Crippen molar-refractivity contribution in [1.29, 1.82) is 0 Å². The highest BCUT2D eigenvalue weighted by Gasteiger charge is 2.38. The predicted octanol–water partition coefficient (Wildman–Crippen LogP) is 3.24. The Hall–Kier alpha value is -3.17. The quantitative estimate of drug-likeness (QED) is 0.492. The number of hydrogen-bond donors (Lipinski definition) is 0. The number of piperazine rings is 1. The summed E-state index contributed by atoms with van der Waals surface area (Å²) in [6.07, 6.45) is 5.81. The van der Waals surface area contributed by atoms with Gasteiger partial charge in [-0.15, -0.1) is 0 Å². The molecule has 9 nitrogen and oxygen atoms in total. The molecular formula is C31H43N7O2. The Balaban J connectivity index is 1.34. The number of likely N-dealkylation sites (tertiary alicyclic amines) is 1. The molecule has 0 aliphatic carbocycles. The van der Waals surface area contributed by atoms with E-state index in [1.165, 1.54) is 34.9 Å². The minimum atomic E-state index is -0.00583. The van der Waals surface area contributed by atoms with Crippen LogP contribution in [0.15, 0.2) is 30.9 Å². The molecule has 2 aromatic rings. The number of benzene rings is 1. The molecular weight excluding hydrogens is 502 g/mol. The number of likely N-dealkylation sites (N-methyl/N-ethyl adjacent to an activating group) is 2. The first-order valence-corrected chi connectivity index (χ1v) is 14.9. The van der Waals surface area contributed by atoms with Crippen LogP contribution >= 0.6 is 0 Å². The fourth-order valence-corrected chi connectivity index (χ4v) is 6.95. The fraction of sp³-hybridized carbons (Fsp3) is 0.581. The highest BCUT2D eigenvalue weighted by atomic mass is 16.5. The zero-order chi connectivity index (χ0) is 27.8. The molecule has 4 aliphatic rings.